The van der Waals surface area contributed by atoms with Gasteiger partial charge in [0.1, 0.15) is 0 Å². The molecule has 0 aliphatic carbocycles. The molecule has 1 aliphatic heterocycles. The normalized spacial score (nSPS) is 17.5. The summed E-state index contributed by atoms with van der Waals surface area (Å²) in [5, 5.41) is 4.54. The fraction of sp³-hybridized carbons (Fsp3) is 0.429. The van der Waals surface area contributed by atoms with Crippen molar-refractivity contribution in [2.24, 2.45) is 0 Å². The van der Waals surface area contributed by atoms with E-state index in [0.717, 1.165) is 0 Å². The van der Waals surface area contributed by atoms with Gasteiger partial charge in [0, 0.05) is 26.2 Å². The molecule has 1 saturated heterocycles. The third kappa shape index (κ3) is 3.89. The molecular formula is C14H17ClN4O3S. The quantitative estimate of drug-likeness (QED) is 0.825. The minimum atomic E-state index is -3.12. The van der Waals surface area contributed by atoms with Crippen LogP contribution in [0.4, 0.5) is 0 Å². The zero-order valence-corrected chi connectivity index (χ0v) is 14.2. The highest BCUT2D eigenvalue weighted by molar-refractivity contribution is 7.88. The molecular weight excluding hydrogens is 340 g/mol. The number of nitrogens with zero attached hydrogens (tertiary/aromatic N) is 4. The average Bonchev–Trinajstić information content (AvgIpc) is 2.95. The lowest BCUT2D eigenvalue weighted by Crippen LogP contribution is -2.47. The standard InChI is InChI=1S/C14H17ClN4O3S/c1-23(20,21)19-8-6-18(7-9-19)10-13-16-14(22-17-13)11-4-2-3-5-12(11)15/h2-5H,6-10H2,1H3. The summed E-state index contributed by atoms with van der Waals surface area (Å²) < 4.78 is 29.7. The van der Waals surface area contributed by atoms with E-state index in [1.807, 2.05) is 18.2 Å². The maximum absolute atomic E-state index is 11.5. The van der Waals surface area contributed by atoms with E-state index in [1.54, 1.807) is 6.07 Å². The van der Waals surface area contributed by atoms with Crippen LogP contribution in [0.1, 0.15) is 5.82 Å². The van der Waals surface area contributed by atoms with Gasteiger partial charge in [-0.15, -0.1) is 0 Å². The van der Waals surface area contributed by atoms with Crippen molar-refractivity contribution in [3.05, 3.63) is 35.1 Å². The van der Waals surface area contributed by atoms with Gasteiger partial charge >= 0.3 is 0 Å². The molecule has 2 aromatic rings. The Kier molecular flexibility index (Phi) is 4.67. The summed E-state index contributed by atoms with van der Waals surface area (Å²) in [6.07, 6.45) is 1.23. The highest BCUT2D eigenvalue weighted by Gasteiger charge is 2.24. The van der Waals surface area contributed by atoms with Crippen molar-refractivity contribution >= 4 is 21.6 Å². The lowest BCUT2D eigenvalue weighted by molar-refractivity contribution is 0.177. The number of piperazine rings is 1. The lowest BCUT2D eigenvalue weighted by atomic mass is 10.2. The Balaban J connectivity index is 1.64. The SMILES string of the molecule is CS(=O)(=O)N1CCN(Cc2noc(-c3ccccc3Cl)n2)CC1. The first kappa shape index (κ1) is 16.4. The van der Waals surface area contributed by atoms with Crippen LogP contribution in [0.3, 0.4) is 0 Å². The van der Waals surface area contributed by atoms with Crippen LogP contribution in [0.15, 0.2) is 28.8 Å². The molecule has 0 radical (unpaired) electrons. The van der Waals surface area contributed by atoms with Crippen molar-refractivity contribution in [2.45, 2.75) is 6.54 Å². The molecule has 0 unspecified atom stereocenters. The molecule has 0 atom stereocenters. The summed E-state index contributed by atoms with van der Waals surface area (Å²) in [6.45, 7) is 2.76. The Labute approximate surface area is 139 Å². The third-order valence-corrected chi connectivity index (χ3v) is 5.37. The Morgan fingerprint density at radius 1 is 1.22 bits per heavy atom. The Morgan fingerprint density at radius 3 is 2.57 bits per heavy atom. The van der Waals surface area contributed by atoms with Gasteiger partial charge in [-0.3, -0.25) is 4.90 Å². The van der Waals surface area contributed by atoms with E-state index in [9.17, 15) is 8.42 Å². The average molecular weight is 357 g/mol. The molecule has 1 aliphatic rings. The number of benzene rings is 1. The number of rotatable bonds is 4. The van der Waals surface area contributed by atoms with Crippen LogP contribution in [0.2, 0.25) is 5.02 Å². The van der Waals surface area contributed by atoms with Crippen LogP contribution in [0.5, 0.6) is 0 Å². The van der Waals surface area contributed by atoms with E-state index in [1.165, 1.54) is 10.6 Å². The van der Waals surface area contributed by atoms with Gasteiger partial charge in [-0.1, -0.05) is 28.9 Å². The molecule has 1 fully saturated rings. The molecule has 1 aromatic heterocycles. The van der Waals surface area contributed by atoms with Gasteiger partial charge in [-0.2, -0.15) is 9.29 Å². The highest BCUT2D eigenvalue weighted by atomic mass is 35.5. The molecule has 9 heteroatoms. The molecule has 3 rings (SSSR count). The smallest absolute Gasteiger partial charge is 0.259 e. The van der Waals surface area contributed by atoms with Crippen molar-refractivity contribution < 1.29 is 12.9 Å². The maximum atomic E-state index is 11.5. The summed E-state index contributed by atoms with van der Waals surface area (Å²) in [4.78, 5) is 6.47. The third-order valence-electron chi connectivity index (χ3n) is 3.74. The number of sulfonamides is 1. The van der Waals surface area contributed by atoms with Crippen molar-refractivity contribution in [3.8, 4) is 11.5 Å². The molecule has 2 heterocycles. The predicted molar refractivity (Wildman–Crippen MR) is 86.4 cm³/mol. The summed E-state index contributed by atoms with van der Waals surface area (Å²) in [7, 11) is -3.12. The minimum Gasteiger partial charge on any atom is -0.334 e. The largest absolute Gasteiger partial charge is 0.334 e. The fourth-order valence-corrected chi connectivity index (χ4v) is 3.52. The zero-order valence-electron chi connectivity index (χ0n) is 12.6. The topological polar surface area (TPSA) is 79.5 Å². The number of aromatic nitrogens is 2. The van der Waals surface area contributed by atoms with Gasteiger partial charge in [-0.25, -0.2) is 8.42 Å². The second kappa shape index (κ2) is 6.56. The number of hydrogen-bond acceptors (Lipinski definition) is 6. The number of halogens is 1. The summed E-state index contributed by atoms with van der Waals surface area (Å²) in [5.41, 5.74) is 0.704. The first-order chi connectivity index (χ1) is 10.9. The highest BCUT2D eigenvalue weighted by Crippen LogP contribution is 2.26. The van der Waals surface area contributed by atoms with Gasteiger partial charge in [0.2, 0.25) is 10.0 Å². The molecule has 23 heavy (non-hydrogen) atoms. The maximum Gasteiger partial charge on any atom is 0.259 e. The molecule has 0 spiro atoms. The van der Waals surface area contributed by atoms with Crippen LogP contribution < -0.4 is 0 Å². The number of hydrogen-bond donors (Lipinski definition) is 0. The van der Waals surface area contributed by atoms with Crippen LogP contribution in [0.25, 0.3) is 11.5 Å². The van der Waals surface area contributed by atoms with Gasteiger partial charge in [0.15, 0.2) is 5.82 Å². The lowest BCUT2D eigenvalue weighted by Gasteiger charge is -2.32. The van der Waals surface area contributed by atoms with E-state index >= 15 is 0 Å². The molecule has 7 nitrogen and oxygen atoms in total. The van der Waals surface area contributed by atoms with E-state index in [2.05, 4.69) is 15.0 Å². The van der Waals surface area contributed by atoms with Crippen LogP contribution in [0, 0.1) is 0 Å². The summed E-state index contributed by atoms with van der Waals surface area (Å²) in [6, 6.07) is 7.29. The second-order valence-corrected chi connectivity index (χ2v) is 7.82. The van der Waals surface area contributed by atoms with Crippen molar-refractivity contribution in [2.75, 3.05) is 32.4 Å². The fourth-order valence-electron chi connectivity index (χ4n) is 2.48. The van der Waals surface area contributed by atoms with Gasteiger partial charge in [0.25, 0.3) is 5.89 Å². The van der Waals surface area contributed by atoms with E-state index in [4.69, 9.17) is 16.1 Å². The predicted octanol–water partition coefficient (Wildman–Crippen LogP) is 1.47. The second-order valence-electron chi connectivity index (χ2n) is 5.43. The molecule has 0 saturated carbocycles. The first-order valence-corrected chi connectivity index (χ1v) is 9.41. The summed E-state index contributed by atoms with van der Waals surface area (Å²) >= 11 is 6.12. The van der Waals surface area contributed by atoms with Crippen molar-refractivity contribution in [1.82, 2.24) is 19.3 Å². The first-order valence-electron chi connectivity index (χ1n) is 7.18. The van der Waals surface area contributed by atoms with Crippen LogP contribution in [-0.4, -0.2) is 60.2 Å². The van der Waals surface area contributed by atoms with Gasteiger partial charge < -0.3 is 4.52 Å². The molecule has 0 amide bonds. The van der Waals surface area contributed by atoms with Gasteiger partial charge in [0.05, 0.1) is 23.4 Å². The molecule has 1 aromatic carbocycles. The zero-order chi connectivity index (χ0) is 16.4. The Morgan fingerprint density at radius 2 is 1.91 bits per heavy atom. The van der Waals surface area contributed by atoms with E-state index in [-0.39, 0.29) is 0 Å². The van der Waals surface area contributed by atoms with E-state index in [0.29, 0.717) is 55.0 Å². The van der Waals surface area contributed by atoms with Gasteiger partial charge in [-0.05, 0) is 12.1 Å². The Hall–Kier alpha value is -1.48. The minimum absolute atomic E-state index is 0.389. The van der Waals surface area contributed by atoms with Crippen LogP contribution in [-0.2, 0) is 16.6 Å². The van der Waals surface area contributed by atoms with E-state index < -0.39 is 10.0 Å². The van der Waals surface area contributed by atoms with Crippen LogP contribution >= 0.6 is 11.6 Å². The van der Waals surface area contributed by atoms with Crippen molar-refractivity contribution in [1.29, 1.82) is 0 Å². The molecule has 0 bridgehead atoms. The molecule has 0 N–H and O–H groups in total. The molecule has 124 valence electrons. The Bertz CT molecular complexity index is 785. The van der Waals surface area contributed by atoms with Crippen molar-refractivity contribution in [3.63, 3.8) is 0 Å². The summed E-state index contributed by atoms with van der Waals surface area (Å²) in [5.74, 6) is 0.952. The monoisotopic (exact) mass is 356 g/mol.